The van der Waals surface area contributed by atoms with Crippen LogP contribution in [0.5, 0.6) is 0 Å². The molecule has 2 aromatic rings. The lowest BCUT2D eigenvalue weighted by atomic mass is 10.1. The van der Waals surface area contributed by atoms with Crippen LogP contribution in [-0.4, -0.2) is 41.3 Å². The number of nitrogens with one attached hydrogen (secondary N) is 2. The predicted molar refractivity (Wildman–Crippen MR) is 85.4 cm³/mol. The van der Waals surface area contributed by atoms with Crippen LogP contribution in [0.2, 0.25) is 0 Å². The third-order valence-electron chi connectivity index (χ3n) is 4.19. The number of aromatic amines is 1. The van der Waals surface area contributed by atoms with Gasteiger partial charge in [-0.1, -0.05) is 18.2 Å². The lowest BCUT2D eigenvalue weighted by Gasteiger charge is -2.15. The van der Waals surface area contributed by atoms with Crippen molar-refractivity contribution in [3.63, 3.8) is 0 Å². The Labute approximate surface area is 129 Å². The first kappa shape index (κ1) is 14.6. The molecule has 0 radical (unpaired) electrons. The molecule has 2 N–H and O–H groups in total. The standard InChI is InChI=1S/C17H21N3O2/c21-16(19-12-17(22)20-9-3-4-10-20)8-7-13-11-18-15-6-2-1-5-14(13)15/h1-2,5-6,11,18H,3-4,7-10,12H2,(H,19,21). The highest BCUT2D eigenvalue weighted by molar-refractivity contribution is 5.86. The molecule has 2 heterocycles. The lowest BCUT2D eigenvalue weighted by molar-refractivity contribution is -0.132. The van der Waals surface area contributed by atoms with Gasteiger partial charge in [0.05, 0.1) is 6.54 Å². The van der Waals surface area contributed by atoms with Crippen LogP contribution in [0, 0.1) is 0 Å². The van der Waals surface area contributed by atoms with Crippen LogP contribution >= 0.6 is 0 Å². The van der Waals surface area contributed by atoms with Crippen molar-refractivity contribution in [2.45, 2.75) is 25.7 Å². The average Bonchev–Trinajstić information content (AvgIpc) is 3.20. The molecule has 3 rings (SSSR count). The second kappa shape index (κ2) is 6.64. The van der Waals surface area contributed by atoms with E-state index in [0.29, 0.717) is 12.8 Å². The Morgan fingerprint density at radius 2 is 1.95 bits per heavy atom. The monoisotopic (exact) mass is 299 g/mol. The number of likely N-dealkylation sites (tertiary alicyclic amines) is 1. The largest absolute Gasteiger partial charge is 0.361 e. The molecular weight excluding hydrogens is 278 g/mol. The molecule has 0 bridgehead atoms. The first-order valence-electron chi connectivity index (χ1n) is 7.83. The Morgan fingerprint density at radius 3 is 2.77 bits per heavy atom. The number of hydrogen-bond acceptors (Lipinski definition) is 2. The van der Waals surface area contributed by atoms with Crippen LogP contribution in [0.1, 0.15) is 24.8 Å². The molecule has 1 aliphatic heterocycles. The van der Waals surface area contributed by atoms with Crippen LogP contribution in [0.25, 0.3) is 10.9 Å². The highest BCUT2D eigenvalue weighted by Crippen LogP contribution is 2.18. The van der Waals surface area contributed by atoms with Crippen molar-refractivity contribution in [1.29, 1.82) is 0 Å². The summed E-state index contributed by atoms with van der Waals surface area (Å²) in [6.45, 7) is 1.76. The molecule has 1 aliphatic rings. The fourth-order valence-corrected chi connectivity index (χ4v) is 2.93. The molecular formula is C17H21N3O2. The molecule has 2 amide bonds. The number of H-pyrrole nitrogens is 1. The summed E-state index contributed by atoms with van der Waals surface area (Å²) < 4.78 is 0. The van der Waals surface area contributed by atoms with Gasteiger partial charge in [0.15, 0.2) is 0 Å². The first-order chi connectivity index (χ1) is 10.7. The van der Waals surface area contributed by atoms with Gasteiger partial charge in [0.25, 0.3) is 0 Å². The molecule has 0 aliphatic carbocycles. The number of nitrogens with zero attached hydrogens (tertiary/aromatic N) is 1. The van der Waals surface area contributed by atoms with Gasteiger partial charge in [-0.15, -0.1) is 0 Å². The number of rotatable bonds is 5. The topological polar surface area (TPSA) is 65.2 Å². The van der Waals surface area contributed by atoms with Gasteiger partial charge < -0.3 is 15.2 Å². The van der Waals surface area contributed by atoms with Gasteiger partial charge in [-0.25, -0.2) is 0 Å². The molecule has 1 saturated heterocycles. The number of aryl methyl sites for hydroxylation is 1. The fraction of sp³-hybridized carbons (Fsp3) is 0.412. The van der Waals surface area contributed by atoms with Crippen molar-refractivity contribution in [3.05, 3.63) is 36.0 Å². The third-order valence-corrected chi connectivity index (χ3v) is 4.19. The van der Waals surface area contributed by atoms with E-state index < -0.39 is 0 Å². The summed E-state index contributed by atoms with van der Waals surface area (Å²) in [7, 11) is 0. The summed E-state index contributed by atoms with van der Waals surface area (Å²) in [6, 6.07) is 8.05. The number of benzene rings is 1. The van der Waals surface area contributed by atoms with E-state index in [2.05, 4.69) is 16.4 Å². The highest BCUT2D eigenvalue weighted by Gasteiger charge is 2.18. The minimum absolute atomic E-state index is 0.0259. The Kier molecular flexibility index (Phi) is 4.42. The Bertz CT molecular complexity index is 671. The van der Waals surface area contributed by atoms with Gasteiger partial charge in [0.2, 0.25) is 11.8 Å². The normalized spacial score (nSPS) is 14.5. The van der Waals surface area contributed by atoms with E-state index in [4.69, 9.17) is 0 Å². The summed E-state index contributed by atoms with van der Waals surface area (Å²) in [5.74, 6) is -0.0456. The Morgan fingerprint density at radius 1 is 1.18 bits per heavy atom. The zero-order chi connectivity index (χ0) is 15.4. The van der Waals surface area contributed by atoms with Crippen LogP contribution < -0.4 is 5.32 Å². The quantitative estimate of drug-likeness (QED) is 0.885. The van der Waals surface area contributed by atoms with Crippen LogP contribution in [0.15, 0.2) is 30.5 Å². The van der Waals surface area contributed by atoms with E-state index in [1.54, 1.807) is 0 Å². The second-order valence-electron chi connectivity index (χ2n) is 5.72. The molecule has 116 valence electrons. The zero-order valence-electron chi connectivity index (χ0n) is 12.6. The number of carbonyl (C=O) groups excluding carboxylic acids is 2. The van der Waals surface area contributed by atoms with Crippen molar-refractivity contribution in [2.24, 2.45) is 0 Å². The average molecular weight is 299 g/mol. The number of para-hydroxylation sites is 1. The van der Waals surface area contributed by atoms with E-state index in [1.165, 1.54) is 0 Å². The maximum Gasteiger partial charge on any atom is 0.241 e. The zero-order valence-corrected chi connectivity index (χ0v) is 12.6. The predicted octanol–water partition coefficient (Wildman–Crippen LogP) is 1.84. The Balaban J connectivity index is 1.47. The maximum absolute atomic E-state index is 11.9. The molecule has 1 aromatic carbocycles. The van der Waals surface area contributed by atoms with Gasteiger partial charge in [-0.2, -0.15) is 0 Å². The summed E-state index contributed by atoms with van der Waals surface area (Å²) in [4.78, 5) is 28.8. The molecule has 5 heteroatoms. The molecule has 0 saturated carbocycles. The maximum atomic E-state index is 11.9. The second-order valence-corrected chi connectivity index (χ2v) is 5.72. The smallest absolute Gasteiger partial charge is 0.241 e. The van der Waals surface area contributed by atoms with Gasteiger partial charge in [-0.3, -0.25) is 9.59 Å². The van der Waals surface area contributed by atoms with E-state index in [1.807, 2.05) is 29.3 Å². The molecule has 1 fully saturated rings. The van der Waals surface area contributed by atoms with Crippen LogP contribution in [0.4, 0.5) is 0 Å². The van der Waals surface area contributed by atoms with Crippen molar-refractivity contribution < 1.29 is 9.59 Å². The van der Waals surface area contributed by atoms with Crippen molar-refractivity contribution in [1.82, 2.24) is 15.2 Å². The van der Waals surface area contributed by atoms with Crippen molar-refractivity contribution >= 4 is 22.7 Å². The fourth-order valence-electron chi connectivity index (χ4n) is 2.93. The molecule has 0 spiro atoms. The number of aromatic nitrogens is 1. The van der Waals surface area contributed by atoms with Crippen LogP contribution in [-0.2, 0) is 16.0 Å². The number of fused-ring (bicyclic) bond motifs is 1. The third kappa shape index (κ3) is 3.30. The van der Waals surface area contributed by atoms with Gasteiger partial charge >= 0.3 is 0 Å². The van der Waals surface area contributed by atoms with Gasteiger partial charge in [0.1, 0.15) is 0 Å². The molecule has 0 unspecified atom stereocenters. The number of carbonyl (C=O) groups is 2. The van der Waals surface area contributed by atoms with E-state index in [0.717, 1.165) is 42.4 Å². The van der Waals surface area contributed by atoms with Crippen molar-refractivity contribution in [3.8, 4) is 0 Å². The number of amides is 2. The van der Waals surface area contributed by atoms with Gasteiger partial charge in [0, 0.05) is 36.6 Å². The summed E-state index contributed by atoms with van der Waals surface area (Å²) in [6.07, 6.45) is 5.16. The van der Waals surface area contributed by atoms with E-state index in [9.17, 15) is 9.59 Å². The molecule has 22 heavy (non-hydrogen) atoms. The summed E-state index contributed by atoms with van der Waals surface area (Å²) in [5.41, 5.74) is 2.22. The first-order valence-corrected chi connectivity index (χ1v) is 7.83. The summed E-state index contributed by atoms with van der Waals surface area (Å²) in [5, 5.41) is 3.89. The Hall–Kier alpha value is -2.30. The molecule has 1 aromatic heterocycles. The SMILES string of the molecule is O=C(CCc1c[nH]c2ccccc12)NCC(=O)N1CCCC1. The highest BCUT2D eigenvalue weighted by atomic mass is 16.2. The lowest BCUT2D eigenvalue weighted by Crippen LogP contribution is -2.38. The molecule has 0 atom stereocenters. The number of hydrogen-bond donors (Lipinski definition) is 2. The van der Waals surface area contributed by atoms with Crippen LogP contribution in [0.3, 0.4) is 0 Å². The van der Waals surface area contributed by atoms with E-state index in [-0.39, 0.29) is 18.4 Å². The minimum Gasteiger partial charge on any atom is -0.361 e. The van der Waals surface area contributed by atoms with E-state index >= 15 is 0 Å². The summed E-state index contributed by atoms with van der Waals surface area (Å²) >= 11 is 0. The van der Waals surface area contributed by atoms with Gasteiger partial charge in [-0.05, 0) is 30.9 Å². The van der Waals surface area contributed by atoms with Crippen molar-refractivity contribution in [2.75, 3.05) is 19.6 Å². The minimum atomic E-state index is -0.0715. The molecule has 5 nitrogen and oxygen atoms in total.